The van der Waals surface area contributed by atoms with Crippen molar-refractivity contribution in [2.45, 2.75) is 62.5 Å². The quantitative estimate of drug-likeness (QED) is 0.377. The molecule has 1 saturated heterocycles. The maximum absolute atomic E-state index is 13.6. The third kappa shape index (κ3) is 4.70. The number of halogens is 4. The molecule has 2 aromatic rings. The summed E-state index contributed by atoms with van der Waals surface area (Å²) in [6.45, 7) is 3.09. The second-order valence-corrected chi connectivity index (χ2v) is 9.62. The highest BCUT2D eigenvalue weighted by molar-refractivity contribution is 5.74. The van der Waals surface area contributed by atoms with Crippen molar-refractivity contribution in [3.63, 3.8) is 0 Å². The Morgan fingerprint density at radius 2 is 1.76 bits per heavy atom. The number of ether oxygens (including phenoxy) is 3. The summed E-state index contributed by atoms with van der Waals surface area (Å²) in [5.41, 5.74) is -0.343. The molecule has 2 fully saturated rings. The first-order valence-electron chi connectivity index (χ1n) is 11.3. The van der Waals surface area contributed by atoms with Crippen molar-refractivity contribution < 1.29 is 36.6 Å². The van der Waals surface area contributed by atoms with Crippen LogP contribution in [0.2, 0.25) is 0 Å². The lowest BCUT2D eigenvalue weighted by atomic mass is 9.75. The van der Waals surface area contributed by atoms with Crippen LogP contribution in [0.1, 0.15) is 61.6 Å². The van der Waals surface area contributed by atoms with Gasteiger partial charge in [0.1, 0.15) is 5.82 Å². The summed E-state index contributed by atoms with van der Waals surface area (Å²) in [5.74, 6) is -1.71. The van der Waals surface area contributed by atoms with Crippen LogP contribution in [0.4, 0.5) is 17.6 Å². The van der Waals surface area contributed by atoms with Gasteiger partial charge in [0.2, 0.25) is 0 Å². The summed E-state index contributed by atoms with van der Waals surface area (Å²) in [4.78, 5) is 12.6. The summed E-state index contributed by atoms with van der Waals surface area (Å²) in [6.07, 6.45) is -3.12. The van der Waals surface area contributed by atoms with E-state index in [-0.39, 0.29) is 23.6 Å². The van der Waals surface area contributed by atoms with Gasteiger partial charge in [-0.15, -0.1) is 13.2 Å². The molecule has 0 aromatic heterocycles. The van der Waals surface area contributed by atoms with Crippen molar-refractivity contribution in [3.8, 4) is 0 Å². The summed E-state index contributed by atoms with van der Waals surface area (Å²) < 4.78 is 68.8. The number of benzene rings is 2. The molecule has 2 aliphatic rings. The van der Waals surface area contributed by atoms with Crippen LogP contribution in [-0.4, -0.2) is 31.6 Å². The average Bonchev–Trinajstić information content (AvgIpc) is 3.37. The third-order valence-corrected chi connectivity index (χ3v) is 7.16. The Balaban J connectivity index is 1.68. The molecule has 1 spiro atoms. The maximum atomic E-state index is 13.6. The largest absolute Gasteiger partial charge is 0.523 e. The first-order chi connectivity index (χ1) is 16.0. The number of hydrogen-bond donors (Lipinski definition) is 0. The fraction of sp³-hybridized carbons (Fsp3) is 0.500. The van der Waals surface area contributed by atoms with Gasteiger partial charge < -0.3 is 9.47 Å². The molecule has 4 atom stereocenters. The number of carbonyl (C=O) groups excluding carboxylic acids is 1. The van der Waals surface area contributed by atoms with Crippen molar-refractivity contribution in [1.29, 1.82) is 0 Å². The Kier molecular flexibility index (Phi) is 6.50. The summed E-state index contributed by atoms with van der Waals surface area (Å²) in [5, 5.41) is 0. The second-order valence-electron chi connectivity index (χ2n) is 9.62. The highest BCUT2D eigenvalue weighted by atomic mass is 19.4. The van der Waals surface area contributed by atoms with E-state index in [1.165, 1.54) is 33.1 Å². The van der Waals surface area contributed by atoms with E-state index in [4.69, 9.17) is 9.47 Å². The average molecular weight is 480 g/mol. The van der Waals surface area contributed by atoms with Crippen molar-refractivity contribution >= 4 is 5.97 Å². The van der Waals surface area contributed by atoms with Gasteiger partial charge in [-0.1, -0.05) is 36.4 Å². The van der Waals surface area contributed by atoms with Crippen LogP contribution in [0.15, 0.2) is 48.5 Å². The van der Waals surface area contributed by atoms with E-state index >= 15 is 0 Å². The fourth-order valence-electron chi connectivity index (χ4n) is 5.84. The number of hydrogen-bond acceptors (Lipinski definition) is 4. The van der Waals surface area contributed by atoms with Gasteiger partial charge in [-0.2, -0.15) is 0 Å². The molecule has 1 saturated carbocycles. The van der Waals surface area contributed by atoms with Gasteiger partial charge in [-0.05, 0) is 61.9 Å². The molecule has 0 N–H and O–H groups in total. The summed E-state index contributed by atoms with van der Waals surface area (Å²) >= 11 is 0. The smallest absolute Gasteiger partial charge is 0.469 e. The van der Waals surface area contributed by atoms with Crippen LogP contribution in [0.25, 0.3) is 0 Å². The second kappa shape index (κ2) is 8.96. The van der Waals surface area contributed by atoms with Gasteiger partial charge in [-0.3, -0.25) is 9.53 Å². The first-order valence-corrected chi connectivity index (χ1v) is 11.3. The van der Waals surface area contributed by atoms with Crippen LogP contribution in [0.3, 0.4) is 0 Å². The molecule has 184 valence electrons. The minimum absolute atomic E-state index is 0.188. The predicted octanol–water partition coefficient (Wildman–Crippen LogP) is 6.21. The summed E-state index contributed by atoms with van der Waals surface area (Å²) in [7, 11) is 1.34. The van der Waals surface area contributed by atoms with Gasteiger partial charge in [0.15, 0.2) is 0 Å². The normalized spacial score (nSPS) is 27.3. The lowest BCUT2D eigenvalue weighted by Crippen LogP contribution is -2.35. The topological polar surface area (TPSA) is 44.8 Å². The first kappa shape index (κ1) is 24.7. The maximum Gasteiger partial charge on any atom is 0.523 e. The van der Waals surface area contributed by atoms with E-state index in [0.29, 0.717) is 31.4 Å². The van der Waals surface area contributed by atoms with E-state index in [1.54, 1.807) is 30.3 Å². The molecule has 0 radical (unpaired) electrons. The summed E-state index contributed by atoms with van der Waals surface area (Å²) in [6, 6.07) is 13.0. The highest BCUT2D eigenvalue weighted by Gasteiger charge is 2.57. The van der Waals surface area contributed by atoms with Gasteiger partial charge in [0.05, 0.1) is 30.8 Å². The van der Waals surface area contributed by atoms with Crippen LogP contribution in [0.5, 0.6) is 0 Å². The number of alkyl halides is 3. The van der Waals surface area contributed by atoms with Crippen LogP contribution >= 0.6 is 0 Å². The zero-order valence-electron chi connectivity index (χ0n) is 19.3. The molecular formula is C26H28F4O4. The highest BCUT2D eigenvalue weighted by Crippen LogP contribution is 2.57. The number of rotatable bonds is 5. The van der Waals surface area contributed by atoms with Crippen LogP contribution < -0.4 is 0 Å². The van der Waals surface area contributed by atoms with E-state index in [2.05, 4.69) is 4.74 Å². The molecule has 0 bridgehead atoms. The molecule has 4 nitrogen and oxygen atoms in total. The minimum Gasteiger partial charge on any atom is -0.469 e. The Morgan fingerprint density at radius 3 is 2.41 bits per heavy atom. The van der Waals surface area contributed by atoms with Gasteiger partial charge in [0.25, 0.3) is 0 Å². The Hall–Kier alpha value is -2.45. The fourth-order valence-corrected chi connectivity index (χ4v) is 5.84. The number of carbonyl (C=O) groups is 1. The monoisotopic (exact) mass is 480 g/mol. The minimum atomic E-state index is -4.78. The van der Waals surface area contributed by atoms with Gasteiger partial charge >= 0.3 is 12.3 Å². The molecule has 8 heteroatoms. The third-order valence-electron chi connectivity index (χ3n) is 7.16. The predicted molar refractivity (Wildman–Crippen MR) is 117 cm³/mol. The Labute approximate surface area is 196 Å². The van der Waals surface area contributed by atoms with Crippen molar-refractivity contribution in [1.82, 2.24) is 0 Å². The van der Waals surface area contributed by atoms with Crippen LogP contribution in [0, 0.1) is 11.7 Å². The molecule has 0 unspecified atom stereocenters. The molecule has 1 aliphatic heterocycles. The molecule has 1 aliphatic carbocycles. The molecule has 4 rings (SSSR count). The van der Waals surface area contributed by atoms with E-state index < -0.39 is 23.5 Å². The molecule has 1 heterocycles. The van der Waals surface area contributed by atoms with E-state index in [9.17, 15) is 22.4 Å². The number of esters is 1. The SMILES string of the molecule is COC(=O)[C@H]1CC[C@@]2(C[C@@H](c3ccccc3C(C)(C)OC(F)(F)F)CO2)[C@@H]1c1ccc(F)cc1. The van der Waals surface area contributed by atoms with Crippen molar-refractivity contribution in [2.24, 2.45) is 5.92 Å². The standard InChI is InChI=1S/C26H28F4O4/c1-24(2,34-26(28,29)30)21-7-5-4-6-19(21)17-14-25(33-15-17)13-12-20(23(31)32-3)22(25)16-8-10-18(27)11-9-16/h4-11,17,20,22H,12-15H2,1-3H3/t17-,20+,22-,25-/m1/s1. The zero-order valence-corrected chi connectivity index (χ0v) is 19.3. The zero-order chi connectivity index (χ0) is 24.7. The Morgan fingerprint density at radius 1 is 1.09 bits per heavy atom. The number of methoxy groups -OCH3 is 1. The van der Waals surface area contributed by atoms with Crippen LogP contribution in [-0.2, 0) is 24.6 Å². The van der Waals surface area contributed by atoms with Crippen molar-refractivity contribution in [3.05, 3.63) is 71.0 Å². The lowest BCUT2D eigenvalue weighted by Gasteiger charge is -2.34. The molecule has 0 amide bonds. The molecule has 34 heavy (non-hydrogen) atoms. The lowest BCUT2D eigenvalue weighted by molar-refractivity contribution is -0.364. The van der Waals surface area contributed by atoms with E-state index in [0.717, 1.165) is 11.1 Å². The Bertz CT molecular complexity index is 1030. The molecule has 2 aromatic carbocycles. The molecular weight excluding hydrogens is 452 g/mol. The van der Waals surface area contributed by atoms with Gasteiger partial charge in [-0.25, -0.2) is 4.39 Å². The van der Waals surface area contributed by atoms with Crippen molar-refractivity contribution in [2.75, 3.05) is 13.7 Å². The van der Waals surface area contributed by atoms with Gasteiger partial charge in [0, 0.05) is 11.8 Å². The van der Waals surface area contributed by atoms with E-state index in [1.807, 2.05) is 6.07 Å².